The summed E-state index contributed by atoms with van der Waals surface area (Å²) in [5.41, 5.74) is -0.597. The van der Waals surface area contributed by atoms with Crippen LogP contribution >= 0.6 is 0 Å². The molecule has 1 fully saturated rings. The van der Waals surface area contributed by atoms with Crippen LogP contribution in [-0.2, 0) is 4.79 Å². The smallest absolute Gasteiger partial charge is 0.310 e. The van der Waals surface area contributed by atoms with E-state index in [0.717, 1.165) is 26.2 Å². The summed E-state index contributed by atoms with van der Waals surface area (Å²) >= 11 is 0. The molecule has 1 aliphatic rings. The van der Waals surface area contributed by atoms with E-state index in [1.807, 2.05) is 13.8 Å². The van der Waals surface area contributed by atoms with Crippen molar-refractivity contribution in [1.29, 1.82) is 0 Å². The Morgan fingerprint density at radius 1 is 1.29 bits per heavy atom. The van der Waals surface area contributed by atoms with Gasteiger partial charge in [0.15, 0.2) is 0 Å². The van der Waals surface area contributed by atoms with Crippen LogP contribution in [0.3, 0.4) is 0 Å². The Balaban J connectivity index is 2.47. The van der Waals surface area contributed by atoms with Crippen molar-refractivity contribution in [3.05, 3.63) is 0 Å². The SMILES string of the molecule is CCC(C)(CN1CCN(C(C)C)CC1)C(=O)O. The lowest BCUT2D eigenvalue weighted by atomic mass is 9.87. The van der Waals surface area contributed by atoms with Crippen molar-refractivity contribution in [2.24, 2.45) is 5.41 Å². The first kappa shape index (κ1) is 14.5. The van der Waals surface area contributed by atoms with E-state index < -0.39 is 11.4 Å². The number of carboxylic acids is 1. The monoisotopic (exact) mass is 242 g/mol. The number of nitrogens with zero attached hydrogens (tertiary/aromatic N) is 2. The number of hydrogen-bond donors (Lipinski definition) is 1. The van der Waals surface area contributed by atoms with E-state index in [9.17, 15) is 9.90 Å². The van der Waals surface area contributed by atoms with Gasteiger partial charge in [0.2, 0.25) is 0 Å². The topological polar surface area (TPSA) is 43.8 Å². The Hall–Kier alpha value is -0.610. The van der Waals surface area contributed by atoms with Crippen molar-refractivity contribution in [3.8, 4) is 0 Å². The Morgan fingerprint density at radius 2 is 1.82 bits per heavy atom. The zero-order chi connectivity index (χ0) is 13.1. The molecule has 0 radical (unpaired) electrons. The maximum atomic E-state index is 11.3. The Labute approximate surface area is 105 Å². The first-order valence-electron chi connectivity index (χ1n) is 6.59. The third-order valence-electron chi connectivity index (χ3n) is 4.01. The number of rotatable bonds is 5. The van der Waals surface area contributed by atoms with Gasteiger partial charge in [-0.25, -0.2) is 0 Å². The fourth-order valence-corrected chi connectivity index (χ4v) is 2.26. The maximum absolute atomic E-state index is 11.3. The van der Waals surface area contributed by atoms with Crippen molar-refractivity contribution >= 4 is 5.97 Å². The van der Waals surface area contributed by atoms with Gasteiger partial charge in [0.1, 0.15) is 0 Å². The molecule has 4 heteroatoms. The molecule has 0 aromatic rings. The van der Waals surface area contributed by atoms with Crippen LogP contribution < -0.4 is 0 Å². The van der Waals surface area contributed by atoms with Gasteiger partial charge in [0, 0.05) is 38.8 Å². The van der Waals surface area contributed by atoms with Gasteiger partial charge in [-0.2, -0.15) is 0 Å². The summed E-state index contributed by atoms with van der Waals surface area (Å²) in [6.45, 7) is 13.0. The van der Waals surface area contributed by atoms with Crippen molar-refractivity contribution in [1.82, 2.24) is 9.80 Å². The molecule has 1 heterocycles. The largest absolute Gasteiger partial charge is 0.481 e. The first-order chi connectivity index (χ1) is 7.89. The van der Waals surface area contributed by atoms with Crippen molar-refractivity contribution in [3.63, 3.8) is 0 Å². The molecule has 0 aromatic carbocycles. The number of hydrogen-bond acceptors (Lipinski definition) is 3. The highest BCUT2D eigenvalue weighted by Crippen LogP contribution is 2.23. The Morgan fingerprint density at radius 3 is 2.18 bits per heavy atom. The molecule has 0 aromatic heterocycles. The van der Waals surface area contributed by atoms with Crippen LogP contribution in [0.4, 0.5) is 0 Å². The summed E-state index contributed by atoms with van der Waals surface area (Å²) in [6.07, 6.45) is 0.687. The summed E-state index contributed by atoms with van der Waals surface area (Å²) in [5, 5.41) is 9.27. The highest BCUT2D eigenvalue weighted by atomic mass is 16.4. The minimum atomic E-state index is -0.675. The van der Waals surface area contributed by atoms with E-state index in [-0.39, 0.29) is 0 Å². The standard InChI is InChI=1S/C13H26N2O2/c1-5-13(4,12(16)17)10-14-6-8-15(9-7-14)11(2)3/h11H,5-10H2,1-4H3,(H,16,17). The molecule has 4 nitrogen and oxygen atoms in total. The van der Waals surface area contributed by atoms with Crippen LogP contribution in [0.15, 0.2) is 0 Å². The average Bonchev–Trinajstić information content (AvgIpc) is 2.29. The van der Waals surface area contributed by atoms with Crippen LogP contribution in [0.2, 0.25) is 0 Å². The summed E-state index contributed by atoms with van der Waals surface area (Å²) in [7, 11) is 0. The minimum absolute atomic E-state index is 0.592. The molecule has 0 spiro atoms. The Bertz CT molecular complexity index is 260. The summed E-state index contributed by atoms with van der Waals surface area (Å²) in [6, 6.07) is 0.592. The number of piperazine rings is 1. The number of aliphatic carboxylic acids is 1. The molecule has 100 valence electrons. The summed E-state index contributed by atoms with van der Waals surface area (Å²) in [4.78, 5) is 16.0. The average molecular weight is 242 g/mol. The molecular formula is C13H26N2O2. The first-order valence-corrected chi connectivity index (χ1v) is 6.59. The molecule has 0 amide bonds. The van der Waals surface area contributed by atoms with Crippen LogP contribution in [-0.4, -0.2) is 59.6 Å². The molecule has 1 aliphatic heterocycles. The maximum Gasteiger partial charge on any atom is 0.310 e. The van der Waals surface area contributed by atoms with Gasteiger partial charge in [-0.15, -0.1) is 0 Å². The van der Waals surface area contributed by atoms with E-state index >= 15 is 0 Å². The summed E-state index contributed by atoms with van der Waals surface area (Å²) in [5.74, 6) is -0.675. The molecule has 1 N–H and O–H groups in total. The molecular weight excluding hydrogens is 216 g/mol. The minimum Gasteiger partial charge on any atom is -0.481 e. The van der Waals surface area contributed by atoms with E-state index in [2.05, 4.69) is 23.6 Å². The molecule has 17 heavy (non-hydrogen) atoms. The lowest BCUT2D eigenvalue weighted by Crippen LogP contribution is -2.52. The molecule has 0 aliphatic carbocycles. The van der Waals surface area contributed by atoms with E-state index in [0.29, 0.717) is 19.0 Å². The highest BCUT2D eigenvalue weighted by Gasteiger charge is 2.34. The zero-order valence-corrected chi connectivity index (χ0v) is 11.6. The quantitative estimate of drug-likeness (QED) is 0.794. The third kappa shape index (κ3) is 3.68. The van der Waals surface area contributed by atoms with Gasteiger partial charge in [0.05, 0.1) is 5.41 Å². The predicted molar refractivity (Wildman–Crippen MR) is 69.2 cm³/mol. The second-order valence-electron chi connectivity index (χ2n) is 5.63. The van der Waals surface area contributed by atoms with Gasteiger partial charge in [-0.1, -0.05) is 6.92 Å². The Kier molecular flexibility index (Phi) is 4.95. The van der Waals surface area contributed by atoms with Gasteiger partial charge < -0.3 is 5.11 Å². The zero-order valence-electron chi connectivity index (χ0n) is 11.6. The fraction of sp³-hybridized carbons (Fsp3) is 0.923. The lowest BCUT2D eigenvalue weighted by molar-refractivity contribution is -0.149. The molecule has 1 unspecified atom stereocenters. The second-order valence-corrected chi connectivity index (χ2v) is 5.63. The van der Waals surface area contributed by atoms with Gasteiger partial charge in [-0.3, -0.25) is 14.6 Å². The molecule has 0 bridgehead atoms. The highest BCUT2D eigenvalue weighted by molar-refractivity contribution is 5.74. The number of carboxylic acid groups (broad SMARTS) is 1. The van der Waals surface area contributed by atoms with Crippen LogP contribution in [0.5, 0.6) is 0 Å². The van der Waals surface area contributed by atoms with Gasteiger partial charge in [0.25, 0.3) is 0 Å². The van der Waals surface area contributed by atoms with Crippen molar-refractivity contribution in [2.75, 3.05) is 32.7 Å². The number of carbonyl (C=O) groups is 1. The predicted octanol–water partition coefficient (Wildman–Crippen LogP) is 1.51. The molecule has 1 rings (SSSR count). The van der Waals surface area contributed by atoms with Crippen LogP contribution in [0.25, 0.3) is 0 Å². The van der Waals surface area contributed by atoms with Gasteiger partial charge >= 0.3 is 5.97 Å². The van der Waals surface area contributed by atoms with E-state index in [4.69, 9.17) is 0 Å². The van der Waals surface area contributed by atoms with Crippen LogP contribution in [0, 0.1) is 5.41 Å². The molecule has 1 atom stereocenters. The van der Waals surface area contributed by atoms with Crippen molar-refractivity contribution in [2.45, 2.75) is 40.2 Å². The molecule has 0 saturated carbocycles. The van der Waals surface area contributed by atoms with Crippen molar-refractivity contribution < 1.29 is 9.90 Å². The van der Waals surface area contributed by atoms with E-state index in [1.165, 1.54) is 0 Å². The van der Waals surface area contributed by atoms with Gasteiger partial charge in [-0.05, 0) is 27.2 Å². The normalized spacial score (nSPS) is 22.6. The van der Waals surface area contributed by atoms with Crippen LogP contribution in [0.1, 0.15) is 34.1 Å². The summed E-state index contributed by atoms with van der Waals surface area (Å²) < 4.78 is 0. The fourth-order valence-electron chi connectivity index (χ4n) is 2.26. The third-order valence-corrected chi connectivity index (χ3v) is 4.01. The molecule has 1 saturated heterocycles. The second kappa shape index (κ2) is 5.83. The van der Waals surface area contributed by atoms with E-state index in [1.54, 1.807) is 0 Å². The lowest BCUT2D eigenvalue weighted by Gasteiger charge is -2.39.